The van der Waals surface area contributed by atoms with E-state index in [4.69, 9.17) is 27.9 Å². The summed E-state index contributed by atoms with van der Waals surface area (Å²) >= 11 is 17.0. The molecule has 1 heterocycles. The molecule has 0 aliphatic rings. The fraction of sp³-hybridized carbons (Fsp3) is 0.111. The lowest BCUT2D eigenvalue weighted by atomic mass is 10.1. The molecular formula is C18H13BrCl2N2O2S. The zero-order chi connectivity index (χ0) is 18.7. The van der Waals surface area contributed by atoms with Gasteiger partial charge in [0.05, 0.1) is 4.88 Å². The van der Waals surface area contributed by atoms with Gasteiger partial charge in [-0.3, -0.25) is 5.32 Å². The van der Waals surface area contributed by atoms with Crippen molar-refractivity contribution >= 4 is 62.4 Å². The first-order valence-corrected chi connectivity index (χ1v) is 9.91. The highest BCUT2D eigenvalue weighted by Gasteiger charge is 2.20. The first-order chi connectivity index (χ1) is 12.5. The maximum Gasteiger partial charge on any atom is 0.412 e. The van der Waals surface area contributed by atoms with Gasteiger partial charge in [-0.25, -0.2) is 4.79 Å². The first-order valence-electron chi connectivity index (χ1n) is 7.59. The number of halogens is 3. The van der Waals surface area contributed by atoms with Crippen LogP contribution in [0.2, 0.25) is 10.2 Å². The smallest absolute Gasteiger partial charge is 0.412 e. The standard InChI is InChI=1S/C18H13BrCl2N2O2S/c1-10(11-6-2-4-8-13(11)19)25-18(24)22-15-16(26-23-17(15)21)12-7-3-5-9-14(12)20/h2-10H,1H3,(H,22,24). The average molecular weight is 472 g/mol. The molecule has 3 rings (SSSR count). The molecule has 2 aromatic carbocycles. The van der Waals surface area contributed by atoms with Crippen molar-refractivity contribution in [2.75, 3.05) is 5.32 Å². The molecule has 8 heteroatoms. The van der Waals surface area contributed by atoms with Crippen molar-refractivity contribution in [3.8, 4) is 10.4 Å². The zero-order valence-electron chi connectivity index (χ0n) is 13.5. The van der Waals surface area contributed by atoms with E-state index in [-0.39, 0.29) is 5.15 Å². The molecule has 134 valence electrons. The topological polar surface area (TPSA) is 51.2 Å². The number of amides is 1. The summed E-state index contributed by atoms with van der Waals surface area (Å²) < 4.78 is 10.4. The molecule has 1 amide bonds. The second-order valence-corrected chi connectivity index (χ2v) is 7.74. The van der Waals surface area contributed by atoms with E-state index >= 15 is 0 Å². The minimum Gasteiger partial charge on any atom is -0.441 e. The Morgan fingerprint density at radius 2 is 1.88 bits per heavy atom. The van der Waals surface area contributed by atoms with Crippen LogP contribution in [0.25, 0.3) is 10.4 Å². The third-order valence-electron chi connectivity index (χ3n) is 3.62. The number of ether oxygens (including phenoxy) is 1. The minimum absolute atomic E-state index is 0.190. The zero-order valence-corrected chi connectivity index (χ0v) is 17.4. The molecule has 0 saturated carbocycles. The molecule has 0 radical (unpaired) electrons. The third kappa shape index (κ3) is 4.20. The van der Waals surface area contributed by atoms with Crippen molar-refractivity contribution in [3.05, 3.63) is 68.7 Å². The maximum absolute atomic E-state index is 12.4. The van der Waals surface area contributed by atoms with Gasteiger partial charge in [0.1, 0.15) is 11.8 Å². The highest BCUT2D eigenvalue weighted by atomic mass is 79.9. The van der Waals surface area contributed by atoms with Crippen molar-refractivity contribution in [2.45, 2.75) is 13.0 Å². The normalized spacial score (nSPS) is 11.8. The molecule has 3 aromatic rings. The third-order valence-corrected chi connectivity index (χ3v) is 5.93. The fourth-order valence-corrected chi connectivity index (χ4v) is 4.34. The van der Waals surface area contributed by atoms with Crippen molar-refractivity contribution in [1.29, 1.82) is 0 Å². The SMILES string of the molecule is CC(OC(=O)Nc1c(Cl)nsc1-c1ccccc1Cl)c1ccccc1Br. The number of rotatable bonds is 4. The van der Waals surface area contributed by atoms with Crippen LogP contribution in [0.5, 0.6) is 0 Å². The van der Waals surface area contributed by atoms with Gasteiger partial charge in [0.15, 0.2) is 5.15 Å². The largest absolute Gasteiger partial charge is 0.441 e. The van der Waals surface area contributed by atoms with Crippen molar-refractivity contribution in [1.82, 2.24) is 4.37 Å². The number of anilines is 1. The molecule has 0 spiro atoms. The number of benzene rings is 2. The highest BCUT2D eigenvalue weighted by Crippen LogP contribution is 2.40. The first kappa shape index (κ1) is 19.2. The molecular weight excluding hydrogens is 459 g/mol. The summed E-state index contributed by atoms with van der Waals surface area (Å²) in [5.74, 6) is 0. The summed E-state index contributed by atoms with van der Waals surface area (Å²) in [6, 6.07) is 14.8. The number of hydrogen-bond acceptors (Lipinski definition) is 4. The van der Waals surface area contributed by atoms with Crippen molar-refractivity contribution in [2.24, 2.45) is 0 Å². The van der Waals surface area contributed by atoms with Gasteiger partial charge in [-0.1, -0.05) is 75.5 Å². The lowest BCUT2D eigenvalue weighted by Crippen LogP contribution is -2.16. The molecule has 0 fully saturated rings. The van der Waals surface area contributed by atoms with E-state index in [9.17, 15) is 4.79 Å². The quantitative estimate of drug-likeness (QED) is 0.438. The average Bonchev–Trinajstić information content (AvgIpc) is 2.96. The predicted molar refractivity (Wildman–Crippen MR) is 110 cm³/mol. The van der Waals surface area contributed by atoms with Gasteiger partial charge in [0.2, 0.25) is 0 Å². The van der Waals surface area contributed by atoms with Gasteiger partial charge in [0.25, 0.3) is 0 Å². The second-order valence-electron chi connectivity index (χ2n) is 5.35. The Labute approximate surface area is 173 Å². The summed E-state index contributed by atoms with van der Waals surface area (Å²) in [6.07, 6.45) is -1.07. The van der Waals surface area contributed by atoms with Crippen molar-refractivity contribution < 1.29 is 9.53 Å². The lowest BCUT2D eigenvalue weighted by Gasteiger charge is -2.16. The summed E-state index contributed by atoms with van der Waals surface area (Å²) in [5, 5.41) is 3.42. The van der Waals surface area contributed by atoms with Crippen LogP contribution < -0.4 is 5.32 Å². The van der Waals surface area contributed by atoms with E-state index in [2.05, 4.69) is 25.6 Å². The van der Waals surface area contributed by atoms with Crippen LogP contribution in [0.15, 0.2) is 53.0 Å². The van der Waals surface area contributed by atoms with E-state index in [0.717, 1.165) is 27.1 Å². The minimum atomic E-state index is -0.622. The van der Waals surface area contributed by atoms with E-state index in [1.807, 2.05) is 42.5 Å². The fourth-order valence-electron chi connectivity index (χ4n) is 2.37. The Balaban J connectivity index is 1.79. The number of nitrogens with zero attached hydrogens (tertiary/aromatic N) is 1. The number of hydrogen-bond donors (Lipinski definition) is 1. The number of carbonyl (C=O) groups excluding carboxylic acids is 1. The predicted octanol–water partition coefficient (Wildman–Crippen LogP) is 7.19. The van der Waals surface area contributed by atoms with E-state index < -0.39 is 12.2 Å². The lowest BCUT2D eigenvalue weighted by molar-refractivity contribution is 0.121. The molecule has 26 heavy (non-hydrogen) atoms. The molecule has 4 nitrogen and oxygen atoms in total. The van der Waals surface area contributed by atoms with Crippen LogP contribution in [-0.2, 0) is 4.74 Å². The van der Waals surface area contributed by atoms with Gasteiger partial charge in [0, 0.05) is 20.6 Å². The number of carbonyl (C=O) groups is 1. The van der Waals surface area contributed by atoms with Gasteiger partial charge < -0.3 is 4.74 Å². The summed E-state index contributed by atoms with van der Waals surface area (Å²) in [5.41, 5.74) is 1.99. The van der Waals surface area contributed by atoms with Crippen LogP contribution >= 0.6 is 50.7 Å². The Hall–Kier alpha value is -1.60. The van der Waals surface area contributed by atoms with Gasteiger partial charge in [-0.15, -0.1) is 0 Å². The molecule has 0 saturated heterocycles. The summed E-state index contributed by atoms with van der Waals surface area (Å²) in [6.45, 7) is 1.79. The van der Waals surface area contributed by atoms with Crippen LogP contribution in [0, 0.1) is 0 Å². The molecule has 1 N–H and O–H groups in total. The van der Waals surface area contributed by atoms with E-state index in [1.54, 1.807) is 13.0 Å². The molecule has 0 bridgehead atoms. The second kappa shape index (κ2) is 8.39. The van der Waals surface area contributed by atoms with Crippen LogP contribution in [0.1, 0.15) is 18.6 Å². The monoisotopic (exact) mass is 470 g/mol. The Morgan fingerprint density at radius 1 is 1.19 bits per heavy atom. The Bertz CT molecular complexity index is 948. The molecule has 1 unspecified atom stereocenters. The number of nitrogens with one attached hydrogen (secondary N) is 1. The van der Waals surface area contributed by atoms with E-state index in [0.29, 0.717) is 15.6 Å². The summed E-state index contributed by atoms with van der Waals surface area (Å²) in [7, 11) is 0. The molecule has 0 aliphatic heterocycles. The Kier molecular flexibility index (Phi) is 6.19. The Morgan fingerprint density at radius 3 is 2.62 bits per heavy atom. The van der Waals surface area contributed by atoms with Gasteiger partial charge >= 0.3 is 6.09 Å². The highest BCUT2D eigenvalue weighted by molar-refractivity contribution is 9.10. The van der Waals surface area contributed by atoms with Crippen LogP contribution in [0.4, 0.5) is 10.5 Å². The van der Waals surface area contributed by atoms with Gasteiger partial charge in [-0.2, -0.15) is 4.37 Å². The molecule has 1 aromatic heterocycles. The molecule has 1 atom stereocenters. The van der Waals surface area contributed by atoms with Gasteiger partial charge in [-0.05, 0) is 30.6 Å². The maximum atomic E-state index is 12.4. The molecule has 0 aliphatic carbocycles. The number of aromatic nitrogens is 1. The summed E-state index contributed by atoms with van der Waals surface area (Å²) in [4.78, 5) is 13.0. The van der Waals surface area contributed by atoms with Crippen LogP contribution in [0.3, 0.4) is 0 Å². The van der Waals surface area contributed by atoms with E-state index in [1.165, 1.54) is 0 Å². The van der Waals surface area contributed by atoms with Crippen molar-refractivity contribution in [3.63, 3.8) is 0 Å². The van der Waals surface area contributed by atoms with Crippen LogP contribution in [-0.4, -0.2) is 10.5 Å².